The summed E-state index contributed by atoms with van der Waals surface area (Å²) in [6.07, 6.45) is 3.21. The lowest BCUT2D eigenvalue weighted by Crippen LogP contribution is -2.12. The molecule has 1 amide bonds. The van der Waals surface area contributed by atoms with Crippen LogP contribution in [0.3, 0.4) is 0 Å². The summed E-state index contributed by atoms with van der Waals surface area (Å²) >= 11 is 0. The molecule has 0 aliphatic heterocycles. The highest BCUT2D eigenvalue weighted by Gasteiger charge is 2.11. The Morgan fingerprint density at radius 1 is 0.862 bits per heavy atom. The first-order chi connectivity index (χ1) is 14.0. The largest absolute Gasteiger partial charge is 0.493 e. The van der Waals surface area contributed by atoms with E-state index in [4.69, 9.17) is 9.47 Å². The molecule has 0 atom stereocenters. The van der Waals surface area contributed by atoms with Crippen LogP contribution in [0.4, 0.5) is 17.1 Å². The third-order valence-corrected chi connectivity index (χ3v) is 4.51. The van der Waals surface area contributed by atoms with E-state index < -0.39 is 0 Å². The minimum atomic E-state index is -0.261. The molecule has 0 bridgehead atoms. The van der Waals surface area contributed by atoms with E-state index in [1.165, 1.54) is 11.8 Å². The van der Waals surface area contributed by atoms with Crippen LogP contribution in [-0.4, -0.2) is 25.1 Å². The second kappa shape index (κ2) is 9.10. The van der Waals surface area contributed by atoms with E-state index >= 15 is 0 Å². The van der Waals surface area contributed by atoms with Gasteiger partial charge in [-0.3, -0.25) is 9.78 Å². The fourth-order valence-electron chi connectivity index (χ4n) is 2.87. The first-order valence-electron chi connectivity index (χ1n) is 9.35. The van der Waals surface area contributed by atoms with Crippen LogP contribution >= 0.6 is 0 Å². The normalized spacial score (nSPS) is 10.5. The molecule has 6 nitrogen and oxygen atoms in total. The van der Waals surface area contributed by atoms with Crippen molar-refractivity contribution in [2.45, 2.75) is 19.8 Å². The molecule has 0 aliphatic carbocycles. The second-order valence-electron chi connectivity index (χ2n) is 6.89. The van der Waals surface area contributed by atoms with E-state index in [1.807, 2.05) is 12.1 Å². The van der Waals surface area contributed by atoms with Crippen molar-refractivity contribution in [3.05, 3.63) is 72.1 Å². The molecule has 0 fully saturated rings. The van der Waals surface area contributed by atoms with Crippen LogP contribution in [0.15, 0.2) is 60.9 Å². The van der Waals surface area contributed by atoms with Crippen LogP contribution in [0.5, 0.6) is 11.5 Å². The van der Waals surface area contributed by atoms with Gasteiger partial charge in [0, 0.05) is 23.6 Å². The van der Waals surface area contributed by atoms with Gasteiger partial charge in [-0.2, -0.15) is 0 Å². The monoisotopic (exact) mass is 391 g/mol. The van der Waals surface area contributed by atoms with E-state index in [0.717, 1.165) is 11.4 Å². The van der Waals surface area contributed by atoms with E-state index in [0.29, 0.717) is 28.7 Å². The van der Waals surface area contributed by atoms with Gasteiger partial charge < -0.3 is 20.1 Å². The van der Waals surface area contributed by atoms with Crippen molar-refractivity contribution in [3.8, 4) is 11.5 Å². The highest BCUT2D eigenvalue weighted by molar-refractivity contribution is 6.04. The number of methoxy groups -OCH3 is 2. The maximum Gasteiger partial charge on any atom is 0.257 e. The van der Waals surface area contributed by atoms with Crippen LogP contribution in [0.25, 0.3) is 0 Å². The van der Waals surface area contributed by atoms with Crippen LogP contribution in [0.1, 0.15) is 35.7 Å². The number of nitrogens with zero attached hydrogens (tertiary/aromatic N) is 1. The summed E-state index contributed by atoms with van der Waals surface area (Å²) in [4.78, 5) is 16.8. The smallest absolute Gasteiger partial charge is 0.257 e. The van der Waals surface area contributed by atoms with Crippen molar-refractivity contribution in [3.63, 3.8) is 0 Å². The number of carbonyl (C=O) groups excluding carboxylic acids is 1. The Morgan fingerprint density at radius 3 is 2.21 bits per heavy atom. The van der Waals surface area contributed by atoms with E-state index in [9.17, 15) is 4.79 Å². The average molecular weight is 391 g/mol. The van der Waals surface area contributed by atoms with Gasteiger partial charge in [-0.05, 0) is 41.8 Å². The zero-order valence-corrected chi connectivity index (χ0v) is 17.0. The number of benzene rings is 2. The Morgan fingerprint density at radius 2 is 1.55 bits per heavy atom. The van der Waals surface area contributed by atoms with E-state index in [-0.39, 0.29) is 5.91 Å². The number of carbonyl (C=O) groups is 1. The lowest BCUT2D eigenvalue weighted by molar-refractivity contribution is 0.102. The first-order valence-corrected chi connectivity index (χ1v) is 9.35. The molecule has 2 aromatic carbocycles. The van der Waals surface area contributed by atoms with Crippen LogP contribution < -0.4 is 20.1 Å². The number of nitrogens with one attached hydrogen (secondary N) is 2. The topological polar surface area (TPSA) is 72.5 Å². The summed E-state index contributed by atoms with van der Waals surface area (Å²) in [6.45, 7) is 4.32. The van der Waals surface area contributed by atoms with Crippen molar-refractivity contribution < 1.29 is 14.3 Å². The molecule has 3 rings (SSSR count). The Bertz CT molecular complexity index is 985. The minimum Gasteiger partial charge on any atom is -0.493 e. The summed E-state index contributed by atoms with van der Waals surface area (Å²) in [5.41, 5.74) is 4.01. The number of rotatable bonds is 7. The molecule has 0 radical (unpaired) electrons. The number of anilines is 3. The molecule has 150 valence electrons. The van der Waals surface area contributed by atoms with Crippen LogP contribution in [-0.2, 0) is 0 Å². The zero-order valence-electron chi connectivity index (χ0n) is 17.0. The van der Waals surface area contributed by atoms with Crippen LogP contribution in [0.2, 0.25) is 0 Å². The molecule has 2 N–H and O–H groups in total. The predicted molar refractivity (Wildman–Crippen MR) is 116 cm³/mol. The molecular formula is C23H25N3O3. The highest BCUT2D eigenvalue weighted by Crippen LogP contribution is 2.30. The number of amides is 1. The molecule has 0 aliphatic rings. The molecule has 0 saturated heterocycles. The van der Waals surface area contributed by atoms with Gasteiger partial charge in [-0.25, -0.2) is 0 Å². The third-order valence-electron chi connectivity index (χ3n) is 4.51. The maximum absolute atomic E-state index is 12.6. The van der Waals surface area contributed by atoms with Crippen LogP contribution in [0, 0.1) is 0 Å². The van der Waals surface area contributed by atoms with E-state index in [1.54, 1.807) is 44.7 Å². The minimum absolute atomic E-state index is 0.261. The summed E-state index contributed by atoms with van der Waals surface area (Å²) in [7, 11) is 3.12. The number of hydrogen-bond donors (Lipinski definition) is 2. The fourth-order valence-corrected chi connectivity index (χ4v) is 2.87. The SMILES string of the molecule is COc1ccc(NC(=O)c2cncc(Nc3ccc(C(C)C)cc3)c2)cc1OC. The highest BCUT2D eigenvalue weighted by atomic mass is 16.5. The lowest BCUT2D eigenvalue weighted by atomic mass is 10.0. The lowest BCUT2D eigenvalue weighted by Gasteiger charge is -2.12. The fraction of sp³-hybridized carbons (Fsp3) is 0.217. The van der Waals surface area contributed by atoms with Crippen molar-refractivity contribution in [1.29, 1.82) is 0 Å². The van der Waals surface area contributed by atoms with Crippen molar-refractivity contribution in [2.75, 3.05) is 24.9 Å². The molecule has 6 heteroatoms. The van der Waals surface area contributed by atoms with Gasteiger partial charge in [-0.15, -0.1) is 0 Å². The summed E-state index contributed by atoms with van der Waals surface area (Å²) in [6, 6.07) is 15.2. The Hall–Kier alpha value is -3.54. The number of pyridine rings is 1. The molecule has 1 aromatic heterocycles. The van der Waals surface area contributed by atoms with Gasteiger partial charge in [0.05, 0.1) is 31.7 Å². The zero-order chi connectivity index (χ0) is 20.8. The summed E-state index contributed by atoms with van der Waals surface area (Å²) in [5, 5.41) is 6.14. The first kappa shape index (κ1) is 20.2. The van der Waals surface area contributed by atoms with Gasteiger partial charge >= 0.3 is 0 Å². The molecule has 29 heavy (non-hydrogen) atoms. The predicted octanol–water partition coefficient (Wildman–Crippen LogP) is 5.22. The third kappa shape index (κ3) is 5.04. The average Bonchev–Trinajstić information content (AvgIpc) is 2.74. The van der Waals surface area contributed by atoms with Crippen molar-refractivity contribution in [2.24, 2.45) is 0 Å². The molecule has 3 aromatic rings. The van der Waals surface area contributed by atoms with Gasteiger partial charge in [0.25, 0.3) is 5.91 Å². The maximum atomic E-state index is 12.6. The number of aromatic nitrogens is 1. The quantitative estimate of drug-likeness (QED) is 0.578. The summed E-state index contributed by atoms with van der Waals surface area (Å²) < 4.78 is 10.5. The van der Waals surface area contributed by atoms with Crippen molar-refractivity contribution >= 4 is 23.0 Å². The molecule has 0 saturated carbocycles. The second-order valence-corrected chi connectivity index (χ2v) is 6.89. The van der Waals surface area contributed by atoms with Gasteiger partial charge in [0.15, 0.2) is 11.5 Å². The van der Waals surface area contributed by atoms with Crippen molar-refractivity contribution in [1.82, 2.24) is 4.98 Å². The van der Waals surface area contributed by atoms with E-state index in [2.05, 4.69) is 41.6 Å². The number of hydrogen-bond acceptors (Lipinski definition) is 5. The molecule has 1 heterocycles. The standard InChI is InChI=1S/C23H25N3O3/c1-15(2)16-5-7-18(8-6-16)25-20-11-17(13-24-14-20)23(27)26-19-9-10-21(28-3)22(12-19)29-4/h5-15,25H,1-4H3,(H,26,27). The summed E-state index contributed by atoms with van der Waals surface area (Å²) in [5.74, 6) is 1.36. The van der Waals surface area contributed by atoms with Gasteiger partial charge in [-0.1, -0.05) is 26.0 Å². The molecular weight excluding hydrogens is 366 g/mol. The van der Waals surface area contributed by atoms with Gasteiger partial charge in [0.1, 0.15) is 0 Å². The Kier molecular flexibility index (Phi) is 6.34. The Labute approximate surface area is 170 Å². The Balaban J connectivity index is 1.72. The molecule has 0 spiro atoms. The van der Waals surface area contributed by atoms with Gasteiger partial charge in [0.2, 0.25) is 0 Å². The molecule has 0 unspecified atom stereocenters. The number of ether oxygens (including phenoxy) is 2.